The van der Waals surface area contributed by atoms with Gasteiger partial charge in [0.2, 0.25) is 5.91 Å². The predicted molar refractivity (Wildman–Crippen MR) is 67.7 cm³/mol. The lowest BCUT2D eigenvalue weighted by Crippen LogP contribution is -2.19. The second kappa shape index (κ2) is 5.87. The minimum atomic E-state index is -0.0477. The molecule has 88 valence electrons. The molecule has 0 aromatic heterocycles. The predicted octanol–water partition coefficient (Wildman–Crippen LogP) is 2.71. The van der Waals surface area contributed by atoms with Gasteiger partial charge >= 0.3 is 0 Å². The molecule has 0 radical (unpaired) electrons. The molecule has 3 N–H and O–H groups in total. The molecule has 1 rings (SSSR count). The molecule has 1 atom stereocenters. The maximum Gasteiger partial charge on any atom is 0.224 e. The second-order valence-corrected chi connectivity index (χ2v) is 4.40. The van der Waals surface area contributed by atoms with Crippen molar-refractivity contribution in [2.45, 2.75) is 32.7 Å². The van der Waals surface area contributed by atoms with Crippen molar-refractivity contribution in [3.63, 3.8) is 0 Å². The van der Waals surface area contributed by atoms with E-state index in [2.05, 4.69) is 5.32 Å². The Morgan fingerprint density at radius 2 is 2.25 bits per heavy atom. The largest absolute Gasteiger partial charge is 0.328 e. The Morgan fingerprint density at radius 1 is 1.56 bits per heavy atom. The first kappa shape index (κ1) is 13.0. The lowest BCUT2D eigenvalue weighted by molar-refractivity contribution is -0.116. The molecular weight excluding hydrogens is 224 g/mol. The van der Waals surface area contributed by atoms with Crippen LogP contribution < -0.4 is 11.1 Å². The van der Waals surface area contributed by atoms with Gasteiger partial charge in [0.1, 0.15) is 0 Å². The van der Waals surface area contributed by atoms with Gasteiger partial charge in [0, 0.05) is 12.5 Å². The summed E-state index contributed by atoms with van der Waals surface area (Å²) in [4.78, 5) is 11.6. The number of para-hydroxylation sites is 1. The summed E-state index contributed by atoms with van der Waals surface area (Å²) in [6, 6.07) is 5.57. The van der Waals surface area contributed by atoms with Crippen LogP contribution in [0.5, 0.6) is 0 Å². The van der Waals surface area contributed by atoms with Gasteiger partial charge in [-0.2, -0.15) is 0 Å². The number of halogens is 1. The summed E-state index contributed by atoms with van der Waals surface area (Å²) in [7, 11) is 0. The Hall–Kier alpha value is -1.06. The first-order chi connectivity index (χ1) is 7.50. The summed E-state index contributed by atoms with van der Waals surface area (Å²) in [5, 5.41) is 3.37. The third-order valence-corrected chi connectivity index (χ3v) is 2.63. The van der Waals surface area contributed by atoms with Crippen LogP contribution in [0.25, 0.3) is 0 Å². The molecule has 0 aliphatic heterocycles. The number of aryl methyl sites for hydroxylation is 1. The van der Waals surface area contributed by atoms with Crippen LogP contribution in [-0.4, -0.2) is 11.9 Å². The second-order valence-electron chi connectivity index (χ2n) is 4.00. The van der Waals surface area contributed by atoms with Crippen molar-refractivity contribution in [2.24, 2.45) is 5.73 Å². The molecule has 0 spiro atoms. The van der Waals surface area contributed by atoms with Crippen LogP contribution >= 0.6 is 11.6 Å². The van der Waals surface area contributed by atoms with E-state index in [-0.39, 0.29) is 11.9 Å². The fourth-order valence-electron chi connectivity index (χ4n) is 1.35. The van der Waals surface area contributed by atoms with Gasteiger partial charge in [0.25, 0.3) is 0 Å². The highest BCUT2D eigenvalue weighted by Gasteiger charge is 2.08. The molecule has 0 aliphatic carbocycles. The highest BCUT2D eigenvalue weighted by Crippen LogP contribution is 2.25. The number of benzene rings is 1. The number of carbonyl (C=O) groups is 1. The highest BCUT2D eigenvalue weighted by molar-refractivity contribution is 6.33. The van der Waals surface area contributed by atoms with Gasteiger partial charge in [-0.3, -0.25) is 4.79 Å². The Balaban J connectivity index is 2.63. The van der Waals surface area contributed by atoms with E-state index in [9.17, 15) is 4.79 Å². The molecule has 0 fully saturated rings. The van der Waals surface area contributed by atoms with Crippen molar-refractivity contribution in [1.29, 1.82) is 0 Å². The fourth-order valence-corrected chi connectivity index (χ4v) is 1.62. The standard InChI is InChI=1S/C12H17ClN2O/c1-8-4-3-5-10(13)12(8)15-11(16)7-6-9(2)14/h3-5,9H,6-7,14H2,1-2H3,(H,15,16). The van der Waals surface area contributed by atoms with E-state index in [1.54, 1.807) is 6.07 Å². The molecule has 3 nitrogen and oxygen atoms in total. The summed E-state index contributed by atoms with van der Waals surface area (Å²) in [6.45, 7) is 3.79. The van der Waals surface area contributed by atoms with E-state index < -0.39 is 0 Å². The van der Waals surface area contributed by atoms with E-state index >= 15 is 0 Å². The van der Waals surface area contributed by atoms with Gasteiger partial charge < -0.3 is 11.1 Å². The number of hydrogen-bond acceptors (Lipinski definition) is 2. The molecule has 0 bridgehead atoms. The maximum atomic E-state index is 11.6. The Kier molecular flexibility index (Phi) is 4.77. The summed E-state index contributed by atoms with van der Waals surface area (Å²) < 4.78 is 0. The van der Waals surface area contributed by atoms with Crippen LogP contribution in [0, 0.1) is 6.92 Å². The number of anilines is 1. The van der Waals surface area contributed by atoms with E-state index in [0.29, 0.717) is 23.6 Å². The van der Waals surface area contributed by atoms with Crippen LogP contribution in [-0.2, 0) is 4.79 Å². The first-order valence-electron chi connectivity index (χ1n) is 5.31. The highest BCUT2D eigenvalue weighted by atomic mass is 35.5. The molecule has 0 saturated carbocycles. The maximum absolute atomic E-state index is 11.6. The monoisotopic (exact) mass is 240 g/mol. The lowest BCUT2D eigenvalue weighted by atomic mass is 10.1. The Labute approximate surface area is 101 Å². The summed E-state index contributed by atoms with van der Waals surface area (Å²) in [5.41, 5.74) is 7.24. The van der Waals surface area contributed by atoms with Crippen molar-refractivity contribution in [3.8, 4) is 0 Å². The molecule has 0 saturated heterocycles. The number of carbonyl (C=O) groups excluding carboxylic acids is 1. The van der Waals surface area contributed by atoms with Crippen LogP contribution in [0.15, 0.2) is 18.2 Å². The molecule has 16 heavy (non-hydrogen) atoms. The van der Waals surface area contributed by atoms with E-state index in [4.69, 9.17) is 17.3 Å². The zero-order valence-electron chi connectivity index (χ0n) is 9.59. The number of amides is 1. The third kappa shape index (κ3) is 3.83. The number of hydrogen-bond donors (Lipinski definition) is 2. The van der Waals surface area contributed by atoms with Crippen LogP contribution in [0.2, 0.25) is 5.02 Å². The summed E-state index contributed by atoms with van der Waals surface area (Å²) in [5.74, 6) is -0.0477. The van der Waals surface area contributed by atoms with Gasteiger partial charge in [-0.25, -0.2) is 0 Å². The molecular formula is C12H17ClN2O. The summed E-state index contributed by atoms with van der Waals surface area (Å²) >= 11 is 6.00. The zero-order valence-corrected chi connectivity index (χ0v) is 10.3. The minimum absolute atomic E-state index is 0.0399. The Morgan fingerprint density at radius 3 is 2.81 bits per heavy atom. The molecule has 1 unspecified atom stereocenters. The van der Waals surface area contributed by atoms with Crippen molar-refractivity contribution in [3.05, 3.63) is 28.8 Å². The van der Waals surface area contributed by atoms with E-state index in [1.165, 1.54) is 0 Å². The minimum Gasteiger partial charge on any atom is -0.328 e. The molecule has 0 heterocycles. The van der Waals surface area contributed by atoms with Gasteiger partial charge in [-0.15, -0.1) is 0 Å². The molecule has 1 aromatic carbocycles. The molecule has 1 amide bonds. The lowest BCUT2D eigenvalue weighted by Gasteiger charge is -2.10. The van der Waals surface area contributed by atoms with E-state index in [1.807, 2.05) is 26.0 Å². The average molecular weight is 241 g/mol. The van der Waals surface area contributed by atoms with Crippen LogP contribution in [0.4, 0.5) is 5.69 Å². The third-order valence-electron chi connectivity index (χ3n) is 2.31. The number of nitrogens with one attached hydrogen (secondary N) is 1. The van der Waals surface area contributed by atoms with Gasteiger partial charge in [-0.1, -0.05) is 23.7 Å². The fraction of sp³-hybridized carbons (Fsp3) is 0.417. The summed E-state index contributed by atoms with van der Waals surface area (Å²) in [6.07, 6.45) is 1.09. The van der Waals surface area contributed by atoms with Crippen molar-refractivity contribution in [2.75, 3.05) is 5.32 Å². The normalized spacial score (nSPS) is 12.2. The number of nitrogens with two attached hydrogens (primary N) is 1. The van der Waals surface area contributed by atoms with Crippen molar-refractivity contribution in [1.82, 2.24) is 0 Å². The average Bonchev–Trinajstić information content (AvgIpc) is 2.21. The quantitative estimate of drug-likeness (QED) is 0.850. The molecule has 0 aliphatic rings. The Bertz CT molecular complexity index is 357. The van der Waals surface area contributed by atoms with Gasteiger partial charge in [0.05, 0.1) is 10.7 Å². The van der Waals surface area contributed by atoms with E-state index in [0.717, 1.165) is 5.56 Å². The molecule has 1 aromatic rings. The van der Waals surface area contributed by atoms with Crippen molar-refractivity contribution < 1.29 is 4.79 Å². The zero-order chi connectivity index (χ0) is 12.1. The van der Waals surface area contributed by atoms with Crippen LogP contribution in [0.1, 0.15) is 25.3 Å². The van der Waals surface area contributed by atoms with Gasteiger partial charge in [-0.05, 0) is 31.9 Å². The van der Waals surface area contributed by atoms with Gasteiger partial charge in [0.15, 0.2) is 0 Å². The smallest absolute Gasteiger partial charge is 0.224 e. The van der Waals surface area contributed by atoms with Crippen LogP contribution in [0.3, 0.4) is 0 Å². The van der Waals surface area contributed by atoms with Crippen molar-refractivity contribution >= 4 is 23.2 Å². The SMILES string of the molecule is Cc1cccc(Cl)c1NC(=O)CCC(C)N. The molecule has 4 heteroatoms. The topological polar surface area (TPSA) is 55.1 Å². The number of rotatable bonds is 4. The first-order valence-corrected chi connectivity index (χ1v) is 5.69.